The Balaban J connectivity index is 0.00000544. The second-order valence-corrected chi connectivity index (χ2v) is 8.96. The summed E-state index contributed by atoms with van der Waals surface area (Å²) >= 11 is 3.61. The van der Waals surface area contributed by atoms with Gasteiger partial charge in [-0.2, -0.15) is 0 Å². The molecule has 0 saturated carbocycles. The topological polar surface area (TPSA) is 33.7 Å². The summed E-state index contributed by atoms with van der Waals surface area (Å²) in [5.41, 5.74) is 2.04. The van der Waals surface area contributed by atoms with Crippen LogP contribution in [0.15, 0.2) is 40.9 Å². The molecule has 194 valence electrons. The fourth-order valence-electron chi connectivity index (χ4n) is 3.51. The fraction of sp³-hybridized carbons (Fsp3) is 0.538. The summed E-state index contributed by atoms with van der Waals surface area (Å²) in [4.78, 5) is 2.60. The number of benzene rings is 2. The Hall–Kier alpha value is -1.05. The SMILES string of the molecule is CCCCN(CCCC)CCCNCc1cc(Br)c(OCc2ccc(F)cc2)c(OC)c1.Cl.Cl. The van der Waals surface area contributed by atoms with Crippen LogP contribution in [0, 0.1) is 5.82 Å². The van der Waals surface area contributed by atoms with E-state index < -0.39 is 0 Å². The van der Waals surface area contributed by atoms with Gasteiger partial charge in [0.1, 0.15) is 12.4 Å². The molecule has 0 atom stereocenters. The Morgan fingerprint density at radius 3 is 2.12 bits per heavy atom. The van der Waals surface area contributed by atoms with E-state index in [4.69, 9.17) is 9.47 Å². The van der Waals surface area contributed by atoms with Gasteiger partial charge >= 0.3 is 0 Å². The molecule has 1 N–H and O–H groups in total. The number of halogens is 4. The summed E-state index contributed by atoms with van der Waals surface area (Å²) in [6, 6.07) is 10.4. The van der Waals surface area contributed by atoms with Crippen molar-refractivity contribution in [3.05, 3.63) is 57.8 Å². The second kappa shape index (κ2) is 19.2. The molecule has 0 heterocycles. The van der Waals surface area contributed by atoms with E-state index in [2.05, 4.69) is 46.1 Å². The van der Waals surface area contributed by atoms with E-state index in [-0.39, 0.29) is 30.6 Å². The third kappa shape index (κ3) is 12.1. The van der Waals surface area contributed by atoms with Gasteiger partial charge in [0, 0.05) is 6.54 Å². The van der Waals surface area contributed by atoms with Crippen LogP contribution >= 0.6 is 40.7 Å². The van der Waals surface area contributed by atoms with E-state index in [0.717, 1.165) is 41.7 Å². The molecule has 0 aliphatic carbocycles. The maximum Gasteiger partial charge on any atom is 0.175 e. The average Bonchev–Trinajstić information content (AvgIpc) is 2.80. The minimum absolute atomic E-state index is 0. The van der Waals surface area contributed by atoms with Crippen LogP contribution in [0.25, 0.3) is 0 Å². The Bertz CT molecular complexity index is 789. The zero-order chi connectivity index (χ0) is 23.2. The van der Waals surface area contributed by atoms with E-state index in [1.165, 1.54) is 50.9 Å². The van der Waals surface area contributed by atoms with Crippen molar-refractivity contribution in [2.24, 2.45) is 0 Å². The van der Waals surface area contributed by atoms with Gasteiger partial charge in [0.05, 0.1) is 11.6 Å². The Kier molecular flexibility index (Phi) is 18.6. The Morgan fingerprint density at radius 1 is 0.912 bits per heavy atom. The highest BCUT2D eigenvalue weighted by atomic mass is 79.9. The van der Waals surface area contributed by atoms with Crippen molar-refractivity contribution in [3.8, 4) is 11.5 Å². The van der Waals surface area contributed by atoms with Crippen LogP contribution in [-0.2, 0) is 13.2 Å². The third-order valence-corrected chi connectivity index (χ3v) is 5.99. The summed E-state index contributed by atoms with van der Waals surface area (Å²) in [6.07, 6.45) is 6.20. The van der Waals surface area contributed by atoms with Crippen LogP contribution in [0.3, 0.4) is 0 Å². The number of methoxy groups -OCH3 is 1. The monoisotopic (exact) mass is 580 g/mol. The van der Waals surface area contributed by atoms with Gasteiger partial charge in [-0.15, -0.1) is 24.8 Å². The van der Waals surface area contributed by atoms with Crippen molar-refractivity contribution in [3.63, 3.8) is 0 Å². The highest BCUT2D eigenvalue weighted by molar-refractivity contribution is 9.10. The van der Waals surface area contributed by atoms with Crippen LogP contribution in [0.1, 0.15) is 57.1 Å². The number of ether oxygens (including phenoxy) is 2. The van der Waals surface area contributed by atoms with Gasteiger partial charge in [-0.3, -0.25) is 0 Å². The summed E-state index contributed by atoms with van der Waals surface area (Å²) in [5.74, 6) is 1.09. The molecule has 0 radical (unpaired) electrons. The molecule has 34 heavy (non-hydrogen) atoms. The Labute approximate surface area is 225 Å². The van der Waals surface area contributed by atoms with Crippen molar-refractivity contribution < 1.29 is 13.9 Å². The molecule has 2 rings (SSSR count). The van der Waals surface area contributed by atoms with Gasteiger partial charge in [-0.05, 0) is 96.8 Å². The van der Waals surface area contributed by atoms with Crippen LogP contribution in [0.5, 0.6) is 11.5 Å². The minimum Gasteiger partial charge on any atom is -0.493 e. The molecule has 0 saturated heterocycles. The lowest BCUT2D eigenvalue weighted by atomic mass is 10.2. The molecule has 0 amide bonds. The van der Waals surface area contributed by atoms with E-state index in [9.17, 15) is 4.39 Å². The van der Waals surface area contributed by atoms with Gasteiger partial charge in [-0.1, -0.05) is 38.8 Å². The summed E-state index contributed by atoms with van der Waals surface area (Å²) in [7, 11) is 1.64. The third-order valence-electron chi connectivity index (χ3n) is 5.40. The first kappa shape index (κ1) is 33.0. The molecule has 4 nitrogen and oxygen atoms in total. The molecule has 2 aromatic carbocycles. The molecule has 0 spiro atoms. The molecule has 2 aromatic rings. The number of hydrogen-bond acceptors (Lipinski definition) is 4. The molecule has 0 bridgehead atoms. The lowest BCUT2D eigenvalue weighted by Gasteiger charge is -2.22. The van der Waals surface area contributed by atoms with Gasteiger partial charge in [0.2, 0.25) is 0 Å². The largest absolute Gasteiger partial charge is 0.493 e. The minimum atomic E-state index is -0.251. The van der Waals surface area contributed by atoms with Gasteiger partial charge < -0.3 is 19.7 Å². The van der Waals surface area contributed by atoms with Gasteiger partial charge in [-0.25, -0.2) is 4.39 Å². The molecular weight excluding hydrogens is 542 g/mol. The van der Waals surface area contributed by atoms with E-state index in [1.54, 1.807) is 19.2 Å². The second-order valence-electron chi connectivity index (χ2n) is 8.10. The first-order chi connectivity index (χ1) is 15.6. The van der Waals surface area contributed by atoms with E-state index in [1.807, 2.05) is 6.07 Å². The highest BCUT2D eigenvalue weighted by Crippen LogP contribution is 2.37. The Morgan fingerprint density at radius 2 is 1.53 bits per heavy atom. The predicted octanol–water partition coefficient (Wildman–Crippen LogP) is 7.40. The first-order valence-corrected chi connectivity index (χ1v) is 12.5. The number of rotatable bonds is 16. The van der Waals surface area contributed by atoms with Crippen LogP contribution in [0.4, 0.5) is 4.39 Å². The number of nitrogens with one attached hydrogen (secondary N) is 1. The van der Waals surface area contributed by atoms with Crippen molar-refractivity contribution in [2.45, 2.75) is 59.1 Å². The summed E-state index contributed by atoms with van der Waals surface area (Å²) < 4.78 is 25.4. The lowest BCUT2D eigenvalue weighted by molar-refractivity contribution is 0.261. The molecular formula is C26H40BrCl2FN2O2. The van der Waals surface area contributed by atoms with Crippen molar-refractivity contribution in [1.82, 2.24) is 10.2 Å². The summed E-state index contributed by atoms with van der Waals surface area (Å²) in [5, 5.41) is 3.55. The van der Waals surface area contributed by atoms with Crippen molar-refractivity contribution in [1.29, 1.82) is 0 Å². The molecule has 0 aromatic heterocycles. The number of unbranched alkanes of at least 4 members (excludes halogenated alkanes) is 2. The van der Waals surface area contributed by atoms with E-state index >= 15 is 0 Å². The van der Waals surface area contributed by atoms with Crippen LogP contribution < -0.4 is 14.8 Å². The van der Waals surface area contributed by atoms with Crippen LogP contribution in [0.2, 0.25) is 0 Å². The standard InChI is InChI=1S/C26H38BrFN2O2.2ClH/c1-4-6-14-30(15-7-5-2)16-8-13-29-19-22-17-24(27)26(25(18-22)31-3)32-20-21-9-11-23(28)12-10-21;;/h9-12,17-18,29H,4-8,13-16,19-20H2,1-3H3;2*1H. The zero-order valence-corrected chi connectivity index (χ0v) is 23.8. The molecule has 0 aliphatic rings. The lowest BCUT2D eigenvalue weighted by Crippen LogP contribution is -2.29. The highest BCUT2D eigenvalue weighted by Gasteiger charge is 2.12. The smallest absolute Gasteiger partial charge is 0.175 e. The van der Waals surface area contributed by atoms with Gasteiger partial charge in [0.25, 0.3) is 0 Å². The van der Waals surface area contributed by atoms with Gasteiger partial charge in [0.15, 0.2) is 11.5 Å². The molecule has 0 unspecified atom stereocenters. The number of hydrogen-bond donors (Lipinski definition) is 1. The van der Waals surface area contributed by atoms with Crippen molar-refractivity contribution in [2.75, 3.05) is 33.3 Å². The molecule has 0 aliphatic heterocycles. The number of nitrogens with zero attached hydrogens (tertiary/aromatic N) is 1. The predicted molar refractivity (Wildman–Crippen MR) is 149 cm³/mol. The zero-order valence-electron chi connectivity index (χ0n) is 20.6. The summed E-state index contributed by atoms with van der Waals surface area (Å²) in [6.45, 7) is 10.2. The van der Waals surface area contributed by atoms with Crippen molar-refractivity contribution >= 4 is 40.7 Å². The van der Waals surface area contributed by atoms with E-state index in [0.29, 0.717) is 18.1 Å². The normalized spacial score (nSPS) is 10.5. The molecule has 8 heteroatoms. The quantitative estimate of drug-likeness (QED) is 0.209. The van der Waals surface area contributed by atoms with Crippen LogP contribution in [-0.4, -0.2) is 38.2 Å². The maximum atomic E-state index is 13.1. The molecule has 0 fully saturated rings. The average molecular weight is 582 g/mol. The fourth-order valence-corrected chi connectivity index (χ4v) is 4.11. The first-order valence-electron chi connectivity index (χ1n) is 11.7. The maximum absolute atomic E-state index is 13.1.